The molecule has 16 heavy (non-hydrogen) atoms. The van der Waals surface area contributed by atoms with Gasteiger partial charge < -0.3 is 15.2 Å². The Kier molecular flexibility index (Phi) is 3.46. The summed E-state index contributed by atoms with van der Waals surface area (Å²) in [6.45, 7) is 2.08. The molecule has 88 valence electrons. The zero-order valence-corrected chi connectivity index (χ0v) is 9.86. The van der Waals surface area contributed by atoms with E-state index in [1.54, 1.807) is 6.92 Å². The van der Waals surface area contributed by atoms with Crippen molar-refractivity contribution < 1.29 is 9.84 Å². The number of benzene rings is 1. The monoisotopic (exact) mass is 221 g/mol. The first-order valence-corrected chi connectivity index (χ1v) is 5.81. The lowest BCUT2D eigenvalue weighted by Gasteiger charge is -2.12. The van der Waals surface area contributed by atoms with Gasteiger partial charge in [0, 0.05) is 6.04 Å². The highest BCUT2D eigenvalue weighted by Crippen LogP contribution is 2.33. The van der Waals surface area contributed by atoms with Crippen molar-refractivity contribution in [2.75, 3.05) is 13.7 Å². The molecule has 1 aliphatic carbocycles. The molecule has 2 unspecified atom stereocenters. The Hall–Kier alpha value is -1.06. The van der Waals surface area contributed by atoms with E-state index in [9.17, 15) is 0 Å². The number of aliphatic hydroxyl groups is 1. The van der Waals surface area contributed by atoms with E-state index in [1.165, 1.54) is 11.1 Å². The number of hydrogen-bond donors (Lipinski definition) is 2. The van der Waals surface area contributed by atoms with Gasteiger partial charge in [-0.1, -0.05) is 6.07 Å². The molecule has 0 saturated carbocycles. The van der Waals surface area contributed by atoms with Gasteiger partial charge >= 0.3 is 0 Å². The Morgan fingerprint density at radius 1 is 1.56 bits per heavy atom. The second-order valence-electron chi connectivity index (χ2n) is 4.40. The Balaban J connectivity index is 2.09. The van der Waals surface area contributed by atoms with Gasteiger partial charge in [0.1, 0.15) is 12.4 Å². The summed E-state index contributed by atoms with van der Waals surface area (Å²) in [6, 6.07) is 6.69. The van der Waals surface area contributed by atoms with Crippen LogP contribution in [0.5, 0.6) is 5.75 Å². The van der Waals surface area contributed by atoms with Gasteiger partial charge in [0.05, 0.1) is 6.10 Å². The predicted molar refractivity (Wildman–Crippen MR) is 63.7 cm³/mol. The molecule has 0 radical (unpaired) electrons. The van der Waals surface area contributed by atoms with Gasteiger partial charge in [-0.3, -0.25) is 0 Å². The van der Waals surface area contributed by atoms with Crippen LogP contribution in [0, 0.1) is 0 Å². The molecule has 0 heterocycles. The van der Waals surface area contributed by atoms with Crippen LogP contribution in [-0.4, -0.2) is 24.9 Å². The summed E-state index contributed by atoms with van der Waals surface area (Å²) in [4.78, 5) is 0. The van der Waals surface area contributed by atoms with Gasteiger partial charge in [-0.05, 0) is 50.1 Å². The van der Waals surface area contributed by atoms with Crippen LogP contribution in [0.2, 0.25) is 0 Å². The lowest BCUT2D eigenvalue weighted by Crippen LogP contribution is -2.13. The highest BCUT2D eigenvalue weighted by molar-refractivity contribution is 5.40. The molecule has 0 amide bonds. The normalized spacial score (nSPS) is 20.6. The number of hydrogen-bond acceptors (Lipinski definition) is 3. The van der Waals surface area contributed by atoms with Gasteiger partial charge in [-0.15, -0.1) is 0 Å². The van der Waals surface area contributed by atoms with E-state index >= 15 is 0 Å². The molecule has 0 spiro atoms. The third kappa shape index (κ3) is 2.36. The number of ether oxygens (including phenoxy) is 1. The van der Waals surface area contributed by atoms with Crippen molar-refractivity contribution in [3.63, 3.8) is 0 Å². The molecule has 0 bridgehead atoms. The minimum absolute atomic E-state index is 0.355. The first-order chi connectivity index (χ1) is 7.70. The number of fused-ring (bicyclic) bond motifs is 1. The second kappa shape index (κ2) is 4.85. The van der Waals surface area contributed by atoms with E-state index in [-0.39, 0.29) is 0 Å². The molecule has 1 aliphatic rings. The van der Waals surface area contributed by atoms with E-state index in [1.807, 2.05) is 13.1 Å². The number of rotatable bonds is 4. The van der Waals surface area contributed by atoms with E-state index < -0.39 is 6.10 Å². The van der Waals surface area contributed by atoms with Crippen molar-refractivity contribution in [1.29, 1.82) is 0 Å². The molecule has 1 aromatic rings. The van der Waals surface area contributed by atoms with Crippen molar-refractivity contribution in [3.05, 3.63) is 29.3 Å². The highest BCUT2D eigenvalue weighted by Gasteiger charge is 2.20. The minimum atomic E-state index is -0.418. The van der Waals surface area contributed by atoms with Crippen molar-refractivity contribution >= 4 is 0 Å². The number of nitrogens with one attached hydrogen (secondary N) is 1. The largest absolute Gasteiger partial charge is 0.491 e. The molecular weight excluding hydrogens is 202 g/mol. The number of aryl methyl sites for hydroxylation is 1. The standard InChI is InChI=1S/C13H19NO2/c1-9(15)8-16-11-4-5-12-10(7-11)3-6-13(12)14-2/h4-5,7,9,13-15H,3,6,8H2,1-2H3. The first-order valence-electron chi connectivity index (χ1n) is 5.81. The molecular formula is C13H19NO2. The van der Waals surface area contributed by atoms with E-state index in [2.05, 4.69) is 17.4 Å². The lowest BCUT2D eigenvalue weighted by molar-refractivity contribution is 0.122. The van der Waals surface area contributed by atoms with Gasteiger partial charge in [0.15, 0.2) is 0 Å². The highest BCUT2D eigenvalue weighted by atomic mass is 16.5. The predicted octanol–water partition coefficient (Wildman–Crippen LogP) is 1.65. The zero-order chi connectivity index (χ0) is 11.5. The summed E-state index contributed by atoms with van der Waals surface area (Å²) < 4.78 is 5.49. The molecule has 0 aromatic heterocycles. The molecule has 3 nitrogen and oxygen atoms in total. The van der Waals surface area contributed by atoms with Crippen LogP contribution in [-0.2, 0) is 6.42 Å². The van der Waals surface area contributed by atoms with Crippen molar-refractivity contribution in [2.24, 2.45) is 0 Å². The average Bonchev–Trinajstić information content (AvgIpc) is 2.68. The molecule has 3 heteroatoms. The molecule has 2 rings (SSSR count). The maximum absolute atomic E-state index is 9.15. The van der Waals surface area contributed by atoms with Crippen molar-refractivity contribution in [2.45, 2.75) is 31.9 Å². The zero-order valence-electron chi connectivity index (χ0n) is 9.86. The van der Waals surface area contributed by atoms with Crippen molar-refractivity contribution in [3.8, 4) is 5.75 Å². The molecule has 2 atom stereocenters. The Morgan fingerprint density at radius 3 is 3.06 bits per heavy atom. The van der Waals surface area contributed by atoms with Gasteiger partial charge in [0.25, 0.3) is 0 Å². The van der Waals surface area contributed by atoms with E-state index in [0.717, 1.165) is 18.6 Å². The molecule has 0 saturated heterocycles. The third-order valence-corrected chi connectivity index (χ3v) is 3.03. The first kappa shape index (κ1) is 11.4. The quantitative estimate of drug-likeness (QED) is 0.812. The van der Waals surface area contributed by atoms with Crippen LogP contribution in [0.25, 0.3) is 0 Å². The van der Waals surface area contributed by atoms with Gasteiger partial charge in [-0.25, -0.2) is 0 Å². The van der Waals surface area contributed by atoms with Gasteiger partial charge in [0.2, 0.25) is 0 Å². The van der Waals surface area contributed by atoms with Gasteiger partial charge in [-0.2, -0.15) is 0 Å². The summed E-state index contributed by atoms with van der Waals surface area (Å²) in [5, 5.41) is 12.5. The Labute approximate surface area is 96.4 Å². The summed E-state index contributed by atoms with van der Waals surface area (Å²) in [5.41, 5.74) is 2.74. The van der Waals surface area contributed by atoms with E-state index in [0.29, 0.717) is 12.6 Å². The van der Waals surface area contributed by atoms with Crippen LogP contribution in [0.15, 0.2) is 18.2 Å². The maximum atomic E-state index is 9.15. The van der Waals surface area contributed by atoms with Crippen LogP contribution in [0.1, 0.15) is 30.5 Å². The van der Waals surface area contributed by atoms with E-state index in [4.69, 9.17) is 9.84 Å². The minimum Gasteiger partial charge on any atom is -0.491 e. The summed E-state index contributed by atoms with van der Waals surface area (Å²) in [6.07, 6.45) is 1.84. The fourth-order valence-corrected chi connectivity index (χ4v) is 2.20. The number of aliphatic hydroxyl groups excluding tert-OH is 1. The summed E-state index contributed by atoms with van der Waals surface area (Å²) >= 11 is 0. The molecule has 0 aliphatic heterocycles. The topological polar surface area (TPSA) is 41.5 Å². The SMILES string of the molecule is CNC1CCc2cc(OCC(C)O)ccc21. The van der Waals surface area contributed by atoms with Crippen molar-refractivity contribution in [1.82, 2.24) is 5.32 Å². The Morgan fingerprint density at radius 2 is 2.38 bits per heavy atom. The lowest BCUT2D eigenvalue weighted by atomic mass is 10.1. The summed E-state index contributed by atoms with van der Waals surface area (Å²) in [7, 11) is 2.00. The maximum Gasteiger partial charge on any atom is 0.119 e. The smallest absolute Gasteiger partial charge is 0.119 e. The molecule has 2 N–H and O–H groups in total. The van der Waals surface area contributed by atoms with Crippen LogP contribution < -0.4 is 10.1 Å². The average molecular weight is 221 g/mol. The fourth-order valence-electron chi connectivity index (χ4n) is 2.20. The Bertz CT molecular complexity index is 363. The summed E-state index contributed by atoms with van der Waals surface area (Å²) in [5.74, 6) is 0.858. The second-order valence-corrected chi connectivity index (χ2v) is 4.40. The van der Waals surface area contributed by atoms with Crippen LogP contribution in [0.3, 0.4) is 0 Å². The fraction of sp³-hybridized carbons (Fsp3) is 0.538. The van der Waals surface area contributed by atoms with Crippen LogP contribution in [0.4, 0.5) is 0 Å². The van der Waals surface area contributed by atoms with Crippen LogP contribution >= 0.6 is 0 Å². The molecule has 0 fully saturated rings. The molecule has 1 aromatic carbocycles. The third-order valence-electron chi connectivity index (χ3n) is 3.03.